The van der Waals surface area contributed by atoms with Crippen molar-refractivity contribution in [3.8, 4) is 0 Å². The number of unbranched alkanes of at least 4 members (excludes halogenated alkanes) is 1. The molecule has 0 aliphatic heterocycles. The Balaban J connectivity index is 3.16. The minimum Gasteiger partial charge on any atom is -0.317 e. The molecule has 0 aliphatic carbocycles. The number of nitrogens with one attached hydrogen (secondary N) is 1. The molecule has 1 N–H and O–H groups in total. The lowest BCUT2D eigenvalue weighted by Gasteiger charge is -1.98. The second kappa shape index (κ2) is 8.58. The van der Waals surface area contributed by atoms with Crippen LogP contribution in [-0.2, 0) is 0 Å². The third kappa shape index (κ3) is 9.48. The van der Waals surface area contributed by atoms with E-state index in [4.69, 9.17) is 0 Å². The van der Waals surface area contributed by atoms with Crippen LogP contribution in [0, 0.1) is 0 Å². The Kier molecular flexibility index (Phi) is 8.20. The fourth-order valence-electron chi connectivity index (χ4n) is 0.907. The molecule has 0 saturated heterocycles. The van der Waals surface area contributed by atoms with Crippen molar-refractivity contribution >= 4 is 0 Å². The molecule has 12 heavy (non-hydrogen) atoms. The van der Waals surface area contributed by atoms with E-state index in [2.05, 4.69) is 37.9 Å². The molecule has 0 aromatic rings. The maximum atomic E-state index is 3.37. The number of allylic oxidation sites excluding steroid dienone is 1. The van der Waals surface area contributed by atoms with E-state index >= 15 is 0 Å². The van der Waals surface area contributed by atoms with Gasteiger partial charge in [-0.2, -0.15) is 0 Å². The first-order valence-electron chi connectivity index (χ1n) is 4.86. The standard InChI is InChI=1S/C11H21N/c1-4-9-12-10-7-5-6-8-11(2)3/h6,12H,4-5,7,9-10H2,1-3H3. The lowest BCUT2D eigenvalue weighted by molar-refractivity contribution is 0.645. The molecule has 1 heteroatoms. The monoisotopic (exact) mass is 167 g/mol. The molecule has 0 rings (SSSR count). The van der Waals surface area contributed by atoms with Crippen LogP contribution in [0.2, 0.25) is 0 Å². The van der Waals surface area contributed by atoms with Crippen molar-refractivity contribution < 1.29 is 0 Å². The largest absolute Gasteiger partial charge is 0.317 e. The molecule has 0 atom stereocenters. The summed E-state index contributed by atoms with van der Waals surface area (Å²) < 4.78 is 0. The van der Waals surface area contributed by atoms with E-state index < -0.39 is 0 Å². The van der Waals surface area contributed by atoms with E-state index in [1.54, 1.807) is 0 Å². The van der Waals surface area contributed by atoms with Crippen LogP contribution in [-0.4, -0.2) is 13.1 Å². The van der Waals surface area contributed by atoms with Crippen LogP contribution in [0.1, 0.15) is 40.0 Å². The van der Waals surface area contributed by atoms with Crippen LogP contribution < -0.4 is 5.32 Å². The topological polar surface area (TPSA) is 12.0 Å². The van der Waals surface area contributed by atoms with Gasteiger partial charge in [-0.3, -0.25) is 0 Å². The Hall–Kier alpha value is -0.520. The quantitative estimate of drug-likeness (QED) is 0.474. The summed E-state index contributed by atoms with van der Waals surface area (Å²) in [5.41, 5.74) is 4.46. The molecule has 0 amide bonds. The van der Waals surface area contributed by atoms with E-state index in [1.807, 2.05) is 0 Å². The lowest BCUT2D eigenvalue weighted by Crippen LogP contribution is -2.15. The van der Waals surface area contributed by atoms with Gasteiger partial charge in [-0.25, -0.2) is 0 Å². The fourth-order valence-corrected chi connectivity index (χ4v) is 0.907. The van der Waals surface area contributed by atoms with Crippen molar-refractivity contribution in [2.45, 2.75) is 40.0 Å². The average Bonchev–Trinajstić information content (AvgIpc) is 2.02. The molecule has 0 bridgehead atoms. The van der Waals surface area contributed by atoms with Gasteiger partial charge >= 0.3 is 0 Å². The highest BCUT2D eigenvalue weighted by molar-refractivity contribution is 4.93. The third-order valence-corrected chi connectivity index (χ3v) is 1.52. The Morgan fingerprint density at radius 1 is 1.33 bits per heavy atom. The van der Waals surface area contributed by atoms with Gasteiger partial charge in [0.2, 0.25) is 0 Å². The van der Waals surface area contributed by atoms with Crippen LogP contribution in [0.3, 0.4) is 0 Å². The minimum atomic E-state index is 1.13. The van der Waals surface area contributed by atoms with Gasteiger partial charge in [0, 0.05) is 0 Å². The SMILES string of the molecule is CCCNCCCC=C=C(C)C. The molecule has 0 aliphatic rings. The minimum absolute atomic E-state index is 1.13. The summed E-state index contributed by atoms with van der Waals surface area (Å²) in [6.07, 6.45) is 5.72. The predicted octanol–water partition coefficient (Wildman–Crippen LogP) is 2.89. The van der Waals surface area contributed by atoms with Gasteiger partial charge in [-0.15, -0.1) is 5.73 Å². The summed E-state index contributed by atoms with van der Waals surface area (Å²) in [7, 11) is 0. The molecule has 0 saturated carbocycles. The fraction of sp³-hybridized carbons (Fsp3) is 0.727. The molecule has 0 aromatic carbocycles. The van der Waals surface area contributed by atoms with Crippen molar-refractivity contribution in [2.24, 2.45) is 0 Å². The van der Waals surface area contributed by atoms with Crippen LogP contribution in [0.5, 0.6) is 0 Å². The molecule has 0 heterocycles. The molecular formula is C11H21N. The number of hydrogen-bond donors (Lipinski definition) is 1. The normalized spacial score (nSPS) is 9.25. The number of hydrogen-bond acceptors (Lipinski definition) is 1. The first kappa shape index (κ1) is 11.5. The van der Waals surface area contributed by atoms with Gasteiger partial charge < -0.3 is 5.32 Å². The van der Waals surface area contributed by atoms with Crippen molar-refractivity contribution in [1.82, 2.24) is 5.32 Å². The highest BCUT2D eigenvalue weighted by Gasteiger charge is 1.83. The van der Waals surface area contributed by atoms with Crippen LogP contribution in [0.4, 0.5) is 0 Å². The Morgan fingerprint density at radius 2 is 2.08 bits per heavy atom. The Morgan fingerprint density at radius 3 is 2.67 bits per heavy atom. The first-order chi connectivity index (χ1) is 5.77. The van der Waals surface area contributed by atoms with Gasteiger partial charge in [-0.1, -0.05) is 6.92 Å². The van der Waals surface area contributed by atoms with E-state index in [0.717, 1.165) is 19.5 Å². The van der Waals surface area contributed by atoms with Gasteiger partial charge in [0.05, 0.1) is 0 Å². The first-order valence-corrected chi connectivity index (χ1v) is 4.86. The molecule has 0 aromatic heterocycles. The zero-order chi connectivity index (χ0) is 9.23. The lowest BCUT2D eigenvalue weighted by atomic mass is 10.2. The van der Waals surface area contributed by atoms with Crippen molar-refractivity contribution in [1.29, 1.82) is 0 Å². The molecule has 0 spiro atoms. The second-order valence-electron chi connectivity index (χ2n) is 3.24. The highest BCUT2D eigenvalue weighted by Crippen LogP contribution is 1.90. The summed E-state index contributed by atoms with van der Waals surface area (Å²) in [6, 6.07) is 0. The molecule has 70 valence electrons. The maximum absolute atomic E-state index is 3.37. The molecule has 1 nitrogen and oxygen atoms in total. The summed E-state index contributed by atoms with van der Waals surface area (Å²) >= 11 is 0. The van der Waals surface area contributed by atoms with Crippen molar-refractivity contribution in [3.63, 3.8) is 0 Å². The molecule has 0 radical (unpaired) electrons. The average molecular weight is 167 g/mol. The summed E-state index contributed by atoms with van der Waals surface area (Å²) in [6.45, 7) is 8.62. The predicted molar refractivity (Wildman–Crippen MR) is 55.3 cm³/mol. The Bertz CT molecular complexity index is 148. The van der Waals surface area contributed by atoms with Crippen molar-refractivity contribution in [3.05, 3.63) is 17.4 Å². The summed E-state index contributed by atoms with van der Waals surface area (Å²) in [5, 5.41) is 3.37. The zero-order valence-electron chi connectivity index (χ0n) is 8.61. The van der Waals surface area contributed by atoms with Gasteiger partial charge in [-0.05, 0) is 57.8 Å². The third-order valence-electron chi connectivity index (χ3n) is 1.52. The molecule has 0 fully saturated rings. The van der Waals surface area contributed by atoms with Gasteiger partial charge in [0.25, 0.3) is 0 Å². The van der Waals surface area contributed by atoms with Gasteiger partial charge in [0.15, 0.2) is 0 Å². The summed E-state index contributed by atoms with van der Waals surface area (Å²) in [5.74, 6) is 0. The molecular weight excluding hydrogens is 146 g/mol. The van der Waals surface area contributed by atoms with Crippen molar-refractivity contribution in [2.75, 3.05) is 13.1 Å². The number of rotatable bonds is 6. The second-order valence-corrected chi connectivity index (χ2v) is 3.24. The summed E-state index contributed by atoms with van der Waals surface area (Å²) in [4.78, 5) is 0. The molecule has 0 unspecified atom stereocenters. The van der Waals surface area contributed by atoms with Gasteiger partial charge in [0.1, 0.15) is 0 Å². The van der Waals surface area contributed by atoms with Crippen LogP contribution in [0.25, 0.3) is 0 Å². The van der Waals surface area contributed by atoms with Crippen LogP contribution >= 0.6 is 0 Å². The zero-order valence-corrected chi connectivity index (χ0v) is 8.61. The van der Waals surface area contributed by atoms with Crippen LogP contribution in [0.15, 0.2) is 17.4 Å². The van der Waals surface area contributed by atoms with E-state index in [1.165, 1.54) is 18.4 Å². The van der Waals surface area contributed by atoms with E-state index in [0.29, 0.717) is 0 Å². The smallest absolute Gasteiger partial charge is 0.00457 e. The Labute approximate surface area is 76.6 Å². The highest BCUT2D eigenvalue weighted by atomic mass is 14.8. The van der Waals surface area contributed by atoms with E-state index in [9.17, 15) is 0 Å². The van der Waals surface area contributed by atoms with E-state index in [-0.39, 0.29) is 0 Å². The maximum Gasteiger partial charge on any atom is -0.00457 e.